The quantitative estimate of drug-likeness (QED) is 0.888. The molecule has 2 aromatic rings. The van der Waals surface area contributed by atoms with Gasteiger partial charge in [0, 0.05) is 10.7 Å². The van der Waals surface area contributed by atoms with E-state index in [4.69, 9.17) is 21.6 Å². The summed E-state index contributed by atoms with van der Waals surface area (Å²) in [7, 11) is 1.52. The molecule has 2 rings (SSSR count). The average Bonchev–Trinajstić information content (AvgIpc) is 2.53. The molecule has 2 N–H and O–H groups in total. The van der Waals surface area contributed by atoms with E-state index in [2.05, 4.69) is 10.6 Å². The number of rotatable bonds is 5. The van der Waals surface area contributed by atoms with Crippen molar-refractivity contribution in [2.24, 2.45) is 0 Å². The molecule has 0 unspecified atom stereocenters. The number of nitrogens with zero attached hydrogens (tertiary/aromatic N) is 1. The minimum absolute atomic E-state index is 0.0601. The molecule has 0 bridgehead atoms. The van der Waals surface area contributed by atoms with E-state index in [1.807, 2.05) is 6.07 Å². The second-order valence-corrected chi connectivity index (χ2v) is 4.88. The fourth-order valence-corrected chi connectivity index (χ4v) is 2.03. The van der Waals surface area contributed by atoms with Gasteiger partial charge in [-0.25, -0.2) is 0 Å². The van der Waals surface area contributed by atoms with Gasteiger partial charge < -0.3 is 15.4 Å². The molecule has 0 aliphatic carbocycles. The van der Waals surface area contributed by atoms with Gasteiger partial charge in [-0.2, -0.15) is 5.26 Å². The number of ether oxygens (including phenoxy) is 1. The molecule has 0 heterocycles. The monoisotopic (exact) mass is 315 g/mol. The van der Waals surface area contributed by atoms with Gasteiger partial charge in [0.15, 0.2) is 0 Å². The van der Waals surface area contributed by atoms with Crippen LogP contribution in [0.3, 0.4) is 0 Å². The van der Waals surface area contributed by atoms with Gasteiger partial charge >= 0.3 is 0 Å². The fraction of sp³-hybridized carbons (Fsp3) is 0.125. The minimum Gasteiger partial charge on any atom is -0.495 e. The lowest BCUT2D eigenvalue weighted by Crippen LogP contribution is -2.22. The van der Waals surface area contributed by atoms with Gasteiger partial charge in [-0.15, -0.1) is 0 Å². The summed E-state index contributed by atoms with van der Waals surface area (Å²) >= 11 is 5.91. The smallest absolute Gasteiger partial charge is 0.243 e. The van der Waals surface area contributed by atoms with Crippen LogP contribution in [0, 0.1) is 11.3 Å². The third-order valence-electron chi connectivity index (χ3n) is 2.88. The lowest BCUT2D eigenvalue weighted by atomic mass is 10.2. The van der Waals surface area contributed by atoms with Gasteiger partial charge in [0.1, 0.15) is 5.75 Å². The number of hydrogen-bond donors (Lipinski definition) is 2. The number of carbonyl (C=O) groups is 1. The van der Waals surface area contributed by atoms with Gasteiger partial charge in [0.2, 0.25) is 5.91 Å². The van der Waals surface area contributed by atoms with Crippen LogP contribution in [0.5, 0.6) is 5.75 Å². The Morgan fingerprint density at radius 1 is 1.32 bits per heavy atom. The SMILES string of the molecule is COc1ccc(Cl)cc1NC(=O)CNc1cccc(C#N)c1. The molecule has 0 saturated heterocycles. The van der Waals surface area contributed by atoms with E-state index in [1.165, 1.54) is 7.11 Å². The largest absolute Gasteiger partial charge is 0.495 e. The summed E-state index contributed by atoms with van der Waals surface area (Å²) in [6.45, 7) is 0.0601. The first kappa shape index (κ1) is 15.7. The minimum atomic E-state index is -0.247. The van der Waals surface area contributed by atoms with Crippen LogP contribution in [-0.4, -0.2) is 19.6 Å². The average molecular weight is 316 g/mol. The zero-order valence-corrected chi connectivity index (χ0v) is 12.6. The van der Waals surface area contributed by atoms with Gasteiger partial charge in [-0.1, -0.05) is 17.7 Å². The molecule has 0 spiro atoms. The van der Waals surface area contributed by atoms with Crippen molar-refractivity contribution in [2.75, 3.05) is 24.3 Å². The first-order valence-electron chi connectivity index (χ1n) is 6.50. The first-order valence-corrected chi connectivity index (χ1v) is 6.87. The van der Waals surface area contributed by atoms with Crippen LogP contribution >= 0.6 is 11.6 Å². The molecule has 0 aliphatic heterocycles. The molecule has 0 atom stereocenters. The predicted molar refractivity (Wildman–Crippen MR) is 86.3 cm³/mol. The van der Waals surface area contributed by atoms with Crippen LogP contribution < -0.4 is 15.4 Å². The molecule has 5 nitrogen and oxygen atoms in total. The van der Waals surface area contributed by atoms with Crippen LogP contribution in [0.1, 0.15) is 5.56 Å². The molecule has 112 valence electrons. The third-order valence-corrected chi connectivity index (χ3v) is 3.12. The second kappa shape index (κ2) is 7.34. The first-order chi connectivity index (χ1) is 10.6. The number of anilines is 2. The maximum atomic E-state index is 12.0. The van der Waals surface area contributed by atoms with E-state index in [0.717, 1.165) is 0 Å². The van der Waals surface area contributed by atoms with E-state index in [9.17, 15) is 4.79 Å². The molecule has 1 amide bonds. The summed E-state index contributed by atoms with van der Waals surface area (Å²) in [6.07, 6.45) is 0. The highest BCUT2D eigenvalue weighted by atomic mass is 35.5. The van der Waals surface area contributed by atoms with E-state index in [0.29, 0.717) is 27.7 Å². The Balaban J connectivity index is 1.99. The van der Waals surface area contributed by atoms with Crippen LogP contribution in [-0.2, 0) is 4.79 Å². The van der Waals surface area contributed by atoms with Gasteiger partial charge in [0.25, 0.3) is 0 Å². The number of nitrogens with one attached hydrogen (secondary N) is 2. The highest BCUT2D eigenvalue weighted by Crippen LogP contribution is 2.27. The summed E-state index contributed by atoms with van der Waals surface area (Å²) < 4.78 is 5.16. The Kier molecular flexibility index (Phi) is 5.23. The van der Waals surface area contributed by atoms with Gasteiger partial charge in [-0.3, -0.25) is 4.79 Å². The third kappa shape index (κ3) is 4.14. The molecular weight excluding hydrogens is 302 g/mol. The summed E-state index contributed by atoms with van der Waals surface area (Å²) in [5, 5.41) is 15.0. The second-order valence-electron chi connectivity index (χ2n) is 4.44. The lowest BCUT2D eigenvalue weighted by Gasteiger charge is -2.11. The van der Waals surface area contributed by atoms with Crippen molar-refractivity contribution in [1.29, 1.82) is 5.26 Å². The number of amides is 1. The molecule has 6 heteroatoms. The van der Waals surface area contributed by atoms with Crippen LogP contribution in [0.2, 0.25) is 5.02 Å². The number of nitriles is 1. The predicted octanol–water partition coefficient (Wildman–Crippen LogP) is 3.27. The summed E-state index contributed by atoms with van der Waals surface area (Å²) in [6, 6.07) is 13.9. The van der Waals surface area contributed by atoms with Crippen molar-refractivity contribution in [1.82, 2.24) is 0 Å². The fourth-order valence-electron chi connectivity index (χ4n) is 1.85. The van der Waals surface area contributed by atoms with Crippen molar-refractivity contribution in [3.63, 3.8) is 0 Å². The topological polar surface area (TPSA) is 74.2 Å². The van der Waals surface area contributed by atoms with Crippen LogP contribution in [0.4, 0.5) is 11.4 Å². The summed E-state index contributed by atoms with van der Waals surface area (Å²) in [5.41, 5.74) is 1.74. The molecule has 2 aromatic carbocycles. The Hall–Kier alpha value is -2.71. The highest BCUT2D eigenvalue weighted by molar-refractivity contribution is 6.31. The van der Waals surface area contributed by atoms with E-state index in [-0.39, 0.29) is 12.5 Å². The number of benzene rings is 2. The Bertz CT molecular complexity index is 726. The van der Waals surface area contributed by atoms with E-state index < -0.39 is 0 Å². The zero-order chi connectivity index (χ0) is 15.9. The number of carbonyl (C=O) groups excluding carboxylic acids is 1. The zero-order valence-electron chi connectivity index (χ0n) is 11.9. The van der Waals surface area contributed by atoms with Crippen molar-refractivity contribution in [2.45, 2.75) is 0 Å². The number of halogens is 1. The number of methoxy groups -OCH3 is 1. The highest BCUT2D eigenvalue weighted by Gasteiger charge is 2.08. The normalized spacial score (nSPS) is 9.68. The maximum absolute atomic E-state index is 12.0. The standard InChI is InChI=1S/C16H14ClN3O2/c1-22-15-6-5-12(17)8-14(15)20-16(21)10-19-13-4-2-3-11(7-13)9-18/h2-8,19H,10H2,1H3,(H,20,21). The van der Waals surface area contributed by atoms with Crippen LogP contribution in [0.25, 0.3) is 0 Å². The van der Waals surface area contributed by atoms with Crippen molar-refractivity contribution < 1.29 is 9.53 Å². The molecule has 0 radical (unpaired) electrons. The lowest BCUT2D eigenvalue weighted by molar-refractivity contribution is -0.114. The van der Waals surface area contributed by atoms with Gasteiger partial charge in [-0.05, 0) is 36.4 Å². The van der Waals surface area contributed by atoms with Crippen molar-refractivity contribution in [3.8, 4) is 11.8 Å². The van der Waals surface area contributed by atoms with Crippen LogP contribution in [0.15, 0.2) is 42.5 Å². The Labute approximate surface area is 133 Å². The van der Waals surface area contributed by atoms with E-state index in [1.54, 1.807) is 42.5 Å². The maximum Gasteiger partial charge on any atom is 0.243 e. The Morgan fingerprint density at radius 3 is 2.86 bits per heavy atom. The molecular formula is C16H14ClN3O2. The summed E-state index contributed by atoms with van der Waals surface area (Å²) in [5.74, 6) is 0.284. The summed E-state index contributed by atoms with van der Waals surface area (Å²) in [4.78, 5) is 12.0. The molecule has 0 aromatic heterocycles. The Morgan fingerprint density at radius 2 is 2.14 bits per heavy atom. The molecule has 0 saturated carbocycles. The molecule has 0 fully saturated rings. The van der Waals surface area contributed by atoms with E-state index >= 15 is 0 Å². The molecule has 22 heavy (non-hydrogen) atoms. The van der Waals surface area contributed by atoms with Crippen molar-refractivity contribution in [3.05, 3.63) is 53.1 Å². The number of hydrogen-bond acceptors (Lipinski definition) is 4. The van der Waals surface area contributed by atoms with Gasteiger partial charge in [0.05, 0.1) is 31.0 Å². The van der Waals surface area contributed by atoms with Crippen molar-refractivity contribution >= 4 is 28.9 Å². The molecule has 0 aliphatic rings.